The van der Waals surface area contributed by atoms with Gasteiger partial charge in [0.15, 0.2) is 0 Å². The Balaban J connectivity index is 2.14. The van der Waals surface area contributed by atoms with Crippen molar-refractivity contribution in [1.29, 1.82) is 0 Å². The van der Waals surface area contributed by atoms with E-state index in [-0.39, 0.29) is 5.75 Å². The van der Waals surface area contributed by atoms with Crippen LogP contribution in [0.3, 0.4) is 0 Å². The minimum Gasteiger partial charge on any atom is -0.506 e. The standard InChI is InChI=1S/C15H16ClNO/c1-10-6-11(2)8-13(7-10)17-9-12-4-3-5-14(16)15(12)18/h3-8,17-18H,9H2,1-2H3. The van der Waals surface area contributed by atoms with Gasteiger partial charge in [0, 0.05) is 17.8 Å². The summed E-state index contributed by atoms with van der Waals surface area (Å²) in [5.74, 6) is 0.149. The first kappa shape index (κ1) is 12.8. The van der Waals surface area contributed by atoms with Crippen molar-refractivity contribution < 1.29 is 5.11 Å². The van der Waals surface area contributed by atoms with E-state index in [1.54, 1.807) is 6.07 Å². The van der Waals surface area contributed by atoms with E-state index in [1.165, 1.54) is 11.1 Å². The lowest BCUT2D eigenvalue weighted by Gasteiger charge is -2.10. The van der Waals surface area contributed by atoms with Gasteiger partial charge in [-0.2, -0.15) is 0 Å². The molecule has 0 amide bonds. The Kier molecular flexibility index (Phi) is 3.78. The molecule has 2 aromatic carbocycles. The van der Waals surface area contributed by atoms with Crippen molar-refractivity contribution >= 4 is 17.3 Å². The number of hydrogen-bond donors (Lipinski definition) is 2. The molecular weight excluding hydrogens is 246 g/mol. The molecule has 18 heavy (non-hydrogen) atoms. The number of phenols is 1. The van der Waals surface area contributed by atoms with Gasteiger partial charge < -0.3 is 10.4 Å². The quantitative estimate of drug-likeness (QED) is 0.865. The maximum absolute atomic E-state index is 9.81. The second-order valence-electron chi connectivity index (χ2n) is 4.48. The monoisotopic (exact) mass is 261 g/mol. The second kappa shape index (κ2) is 5.32. The average molecular weight is 262 g/mol. The minimum absolute atomic E-state index is 0.149. The molecule has 2 nitrogen and oxygen atoms in total. The van der Waals surface area contributed by atoms with Crippen molar-refractivity contribution in [2.45, 2.75) is 20.4 Å². The summed E-state index contributed by atoms with van der Waals surface area (Å²) in [6.07, 6.45) is 0. The average Bonchev–Trinajstić information content (AvgIpc) is 2.30. The molecule has 0 bridgehead atoms. The number of hydrogen-bond acceptors (Lipinski definition) is 2. The zero-order chi connectivity index (χ0) is 13.1. The number of phenolic OH excluding ortho intramolecular Hbond substituents is 1. The van der Waals surface area contributed by atoms with Crippen LogP contribution in [0.25, 0.3) is 0 Å². The fourth-order valence-electron chi connectivity index (χ4n) is 1.98. The highest BCUT2D eigenvalue weighted by Gasteiger charge is 2.04. The predicted molar refractivity (Wildman–Crippen MR) is 76.4 cm³/mol. The predicted octanol–water partition coefficient (Wildman–Crippen LogP) is 4.27. The van der Waals surface area contributed by atoms with E-state index in [2.05, 4.69) is 37.4 Å². The molecule has 0 saturated carbocycles. The van der Waals surface area contributed by atoms with Crippen LogP contribution in [0.2, 0.25) is 5.02 Å². The van der Waals surface area contributed by atoms with E-state index in [1.807, 2.05) is 12.1 Å². The van der Waals surface area contributed by atoms with Gasteiger partial charge in [-0.15, -0.1) is 0 Å². The van der Waals surface area contributed by atoms with Gasteiger partial charge in [-0.25, -0.2) is 0 Å². The molecule has 0 aliphatic heterocycles. The zero-order valence-electron chi connectivity index (χ0n) is 10.5. The molecule has 0 radical (unpaired) electrons. The number of para-hydroxylation sites is 1. The first-order valence-electron chi connectivity index (χ1n) is 5.85. The summed E-state index contributed by atoms with van der Waals surface area (Å²) in [5, 5.41) is 13.5. The zero-order valence-corrected chi connectivity index (χ0v) is 11.3. The van der Waals surface area contributed by atoms with E-state index in [4.69, 9.17) is 11.6 Å². The molecule has 3 heteroatoms. The molecule has 0 atom stereocenters. The SMILES string of the molecule is Cc1cc(C)cc(NCc2cccc(Cl)c2O)c1. The van der Waals surface area contributed by atoms with Gasteiger partial charge in [-0.05, 0) is 43.2 Å². The van der Waals surface area contributed by atoms with E-state index in [0.29, 0.717) is 11.6 Å². The largest absolute Gasteiger partial charge is 0.506 e. The molecule has 0 aromatic heterocycles. The van der Waals surface area contributed by atoms with Crippen LogP contribution < -0.4 is 5.32 Å². The molecule has 0 fully saturated rings. The lowest BCUT2D eigenvalue weighted by Crippen LogP contribution is -2.00. The van der Waals surface area contributed by atoms with Crippen molar-refractivity contribution in [1.82, 2.24) is 0 Å². The molecule has 0 heterocycles. The van der Waals surface area contributed by atoms with Gasteiger partial charge in [0.25, 0.3) is 0 Å². The number of halogens is 1. The molecule has 0 aliphatic carbocycles. The molecule has 0 aliphatic rings. The summed E-state index contributed by atoms with van der Waals surface area (Å²) in [6, 6.07) is 11.7. The number of rotatable bonds is 3. The van der Waals surface area contributed by atoms with Gasteiger partial charge in [0.2, 0.25) is 0 Å². The van der Waals surface area contributed by atoms with Gasteiger partial charge in [0.05, 0.1) is 5.02 Å². The summed E-state index contributed by atoms with van der Waals surface area (Å²) in [7, 11) is 0. The lowest BCUT2D eigenvalue weighted by molar-refractivity contribution is 0.469. The van der Waals surface area contributed by atoms with Crippen LogP contribution in [0, 0.1) is 13.8 Å². The third kappa shape index (κ3) is 2.96. The van der Waals surface area contributed by atoms with Crippen LogP contribution in [0.15, 0.2) is 36.4 Å². The summed E-state index contributed by atoms with van der Waals surface area (Å²) in [6.45, 7) is 4.68. The van der Waals surface area contributed by atoms with Gasteiger partial charge in [0.1, 0.15) is 5.75 Å². The maximum atomic E-state index is 9.81. The smallest absolute Gasteiger partial charge is 0.139 e. The highest BCUT2D eigenvalue weighted by atomic mass is 35.5. The third-order valence-electron chi connectivity index (χ3n) is 2.77. The third-order valence-corrected chi connectivity index (χ3v) is 3.08. The molecule has 2 N–H and O–H groups in total. The number of aromatic hydroxyl groups is 1. The molecule has 2 aromatic rings. The first-order chi connectivity index (χ1) is 8.56. The second-order valence-corrected chi connectivity index (χ2v) is 4.88. The van der Waals surface area contributed by atoms with E-state index >= 15 is 0 Å². The molecule has 0 unspecified atom stereocenters. The Labute approximate surface area is 112 Å². The number of benzene rings is 2. The molecule has 94 valence electrons. The first-order valence-corrected chi connectivity index (χ1v) is 6.22. The van der Waals surface area contributed by atoms with Gasteiger partial charge >= 0.3 is 0 Å². The number of nitrogens with one attached hydrogen (secondary N) is 1. The van der Waals surface area contributed by atoms with Gasteiger partial charge in [-0.1, -0.05) is 29.8 Å². The van der Waals surface area contributed by atoms with E-state index in [9.17, 15) is 5.11 Å². The van der Waals surface area contributed by atoms with Crippen LogP contribution >= 0.6 is 11.6 Å². The molecule has 0 saturated heterocycles. The highest BCUT2D eigenvalue weighted by molar-refractivity contribution is 6.32. The fourth-order valence-corrected chi connectivity index (χ4v) is 2.17. The van der Waals surface area contributed by atoms with Gasteiger partial charge in [-0.3, -0.25) is 0 Å². The normalized spacial score (nSPS) is 10.4. The molecular formula is C15H16ClNO. The van der Waals surface area contributed by atoms with Crippen molar-refractivity contribution in [2.24, 2.45) is 0 Å². The van der Waals surface area contributed by atoms with Crippen LogP contribution in [-0.2, 0) is 6.54 Å². The fraction of sp³-hybridized carbons (Fsp3) is 0.200. The number of aryl methyl sites for hydroxylation is 2. The Bertz CT molecular complexity index is 546. The Morgan fingerprint density at radius 1 is 1.11 bits per heavy atom. The van der Waals surface area contributed by atoms with Crippen LogP contribution in [0.1, 0.15) is 16.7 Å². The van der Waals surface area contributed by atoms with Crippen molar-refractivity contribution in [2.75, 3.05) is 5.32 Å². The topological polar surface area (TPSA) is 32.3 Å². The maximum Gasteiger partial charge on any atom is 0.139 e. The van der Waals surface area contributed by atoms with Crippen molar-refractivity contribution in [3.63, 3.8) is 0 Å². The Morgan fingerprint density at radius 2 is 1.78 bits per heavy atom. The van der Waals surface area contributed by atoms with Crippen LogP contribution in [0.5, 0.6) is 5.75 Å². The molecule has 0 spiro atoms. The summed E-state index contributed by atoms with van der Waals surface area (Å²) >= 11 is 5.87. The van der Waals surface area contributed by atoms with E-state index < -0.39 is 0 Å². The Hall–Kier alpha value is -1.67. The summed E-state index contributed by atoms with van der Waals surface area (Å²) < 4.78 is 0. The Morgan fingerprint density at radius 3 is 2.44 bits per heavy atom. The van der Waals surface area contributed by atoms with Crippen molar-refractivity contribution in [3.05, 3.63) is 58.1 Å². The lowest BCUT2D eigenvalue weighted by atomic mass is 10.1. The number of anilines is 1. The summed E-state index contributed by atoms with van der Waals surface area (Å²) in [4.78, 5) is 0. The highest BCUT2D eigenvalue weighted by Crippen LogP contribution is 2.27. The van der Waals surface area contributed by atoms with Crippen molar-refractivity contribution in [3.8, 4) is 5.75 Å². The minimum atomic E-state index is 0.149. The molecule has 2 rings (SSSR count). The van der Waals surface area contributed by atoms with Crippen LogP contribution in [-0.4, -0.2) is 5.11 Å². The van der Waals surface area contributed by atoms with Crippen LogP contribution in [0.4, 0.5) is 5.69 Å². The summed E-state index contributed by atoms with van der Waals surface area (Å²) in [5.41, 5.74) is 4.27. The van der Waals surface area contributed by atoms with E-state index in [0.717, 1.165) is 11.3 Å².